The molecule has 0 unspecified atom stereocenters. The summed E-state index contributed by atoms with van der Waals surface area (Å²) in [6.07, 6.45) is 4.65. The average molecular weight is 695 g/mol. The Morgan fingerprint density at radius 3 is 2.44 bits per heavy atom. The van der Waals surface area contributed by atoms with Gasteiger partial charge in [-0.1, -0.05) is 45.0 Å². The molecule has 0 aliphatic carbocycles. The average Bonchev–Trinajstić information content (AvgIpc) is 3.66. The number of nitrogens with zero attached hydrogens (tertiary/aromatic N) is 5. The van der Waals surface area contributed by atoms with E-state index < -0.39 is 46.9 Å². The number of rotatable bonds is 9. The quantitative estimate of drug-likeness (QED) is 0.126. The van der Waals surface area contributed by atoms with E-state index in [0.29, 0.717) is 44.6 Å². The van der Waals surface area contributed by atoms with Crippen molar-refractivity contribution in [2.75, 3.05) is 33.0 Å². The van der Waals surface area contributed by atoms with E-state index in [-0.39, 0.29) is 17.5 Å². The lowest BCUT2D eigenvalue weighted by molar-refractivity contribution is -0.189. The number of ketones is 1. The van der Waals surface area contributed by atoms with Crippen LogP contribution in [0, 0.1) is 17.8 Å². The molecule has 12 nitrogen and oxygen atoms in total. The maximum Gasteiger partial charge on any atom is 0.412 e. The Balaban J connectivity index is 1.62. The lowest BCUT2D eigenvalue weighted by atomic mass is 9.62. The third-order valence-corrected chi connectivity index (χ3v) is 12.0. The second-order valence-corrected chi connectivity index (χ2v) is 15.1. The minimum atomic E-state index is -1.21. The molecule has 2 fully saturated rings. The highest BCUT2D eigenvalue weighted by atomic mass is 16.6. The van der Waals surface area contributed by atoms with Gasteiger partial charge in [-0.2, -0.15) is 0 Å². The second kappa shape index (κ2) is 15.8. The van der Waals surface area contributed by atoms with Crippen molar-refractivity contribution in [3.8, 4) is 11.3 Å². The lowest BCUT2D eigenvalue weighted by Gasteiger charge is -2.52. The van der Waals surface area contributed by atoms with E-state index in [4.69, 9.17) is 19.9 Å². The predicted octanol–water partition coefficient (Wildman–Crippen LogP) is 4.98. The number of amides is 1. The fourth-order valence-electron chi connectivity index (χ4n) is 8.48. The summed E-state index contributed by atoms with van der Waals surface area (Å²) in [5, 5.41) is 8.63. The normalized spacial score (nSPS) is 33.3. The highest BCUT2D eigenvalue weighted by molar-refractivity contribution is 6.15. The molecule has 2 aliphatic rings. The van der Waals surface area contributed by atoms with Crippen LogP contribution < -0.4 is 5.73 Å². The van der Waals surface area contributed by atoms with Gasteiger partial charge in [0, 0.05) is 43.9 Å². The Morgan fingerprint density at radius 2 is 1.80 bits per heavy atom. The Kier molecular flexibility index (Phi) is 12.5. The van der Waals surface area contributed by atoms with Crippen molar-refractivity contribution >= 4 is 31.4 Å². The van der Waals surface area contributed by atoms with Gasteiger partial charge in [0.15, 0.2) is 5.60 Å². The van der Waals surface area contributed by atoms with Crippen molar-refractivity contribution in [2.45, 2.75) is 122 Å². The molecule has 4 rings (SSSR count). The van der Waals surface area contributed by atoms with E-state index in [0.717, 1.165) is 30.5 Å². The molecule has 2 aliphatic heterocycles. The Hall–Kier alpha value is -3.45. The maximum atomic E-state index is 14.0. The van der Waals surface area contributed by atoms with Crippen LogP contribution in [0.15, 0.2) is 30.5 Å². The van der Waals surface area contributed by atoms with Gasteiger partial charge in [0.1, 0.15) is 37.0 Å². The molecular weight excluding hydrogens is 635 g/mol. The molecule has 0 bridgehead atoms. The molecular formula is C37H59BN6O6. The Morgan fingerprint density at radius 1 is 1.10 bits per heavy atom. The largest absolute Gasteiger partial charge is 0.457 e. The van der Waals surface area contributed by atoms with Gasteiger partial charge in [-0.15, -0.1) is 5.10 Å². The molecule has 50 heavy (non-hydrogen) atoms. The smallest absolute Gasteiger partial charge is 0.412 e. The summed E-state index contributed by atoms with van der Waals surface area (Å²) in [5.74, 6) is -2.05. The Labute approximate surface area is 299 Å². The number of nitrogens with two attached hydrogens (primary N) is 1. The van der Waals surface area contributed by atoms with Gasteiger partial charge in [0.25, 0.3) is 0 Å². The standard InChI is InChI=1S/C37H59BN6O6/c1-10-30-36(7)37(11-2,42(8)20-17-24(3)22-35(6,48-9)32(38)25(4)31(45)26(5)33(46)49-30)44(34(47)50-36)19-13-12-18-43-23-29(40-41-43)27-15-14-16-28(39)21-27/h14-16,21,23-26,30,32H,10-13,17-20,22,38-39H2,1-9H3/t24-,25+,26-,30-,32-,35-,36-,37+/m1/s1. The van der Waals surface area contributed by atoms with E-state index >= 15 is 0 Å². The van der Waals surface area contributed by atoms with Crippen LogP contribution in [0.4, 0.5) is 10.5 Å². The van der Waals surface area contributed by atoms with Crippen molar-refractivity contribution in [3.05, 3.63) is 30.5 Å². The number of carbonyl (C=O) groups excluding carboxylic acids is 3. The summed E-state index contributed by atoms with van der Waals surface area (Å²) >= 11 is 0. The molecule has 13 heteroatoms. The first-order chi connectivity index (χ1) is 23.6. The molecule has 8 atom stereocenters. The van der Waals surface area contributed by atoms with E-state index in [1.807, 2.05) is 75.7 Å². The van der Waals surface area contributed by atoms with Gasteiger partial charge in [0.2, 0.25) is 0 Å². The molecule has 276 valence electrons. The first-order valence-corrected chi connectivity index (χ1v) is 18.4. The first-order valence-electron chi connectivity index (χ1n) is 18.4. The zero-order valence-corrected chi connectivity index (χ0v) is 31.9. The van der Waals surface area contributed by atoms with E-state index in [1.165, 1.54) is 0 Å². The van der Waals surface area contributed by atoms with E-state index in [2.05, 4.69) is 36.0 Å². The molecule has 1 amide bonds. The monoisotopic (exact) mass is 694 g/mol. The van der Waals surface area contributed by atoms with Gasteiger partial charge in [0.05, 0.1) is 11.8 Å². The highest BCUT2D eigenvalue weighted by Crippen LogP contribution is 2.48. The number of cyclic esters (lactones) is 1. The zero-order chi connectivity index (χ0) is 37.0. The summed E-state index contributed by atoms with van der Waals surface area (Å²) in [7, 11) is 5.77. The van der Waals surface area contributed by atoms with Crippen molar-refractivity contribution in [1.82, 2.24) is 24.8 Å². The number of Topliss-reactive ketones (excluding diaryl/α,β-unsaturated/α-hetero) is 1. The minimum Gasteiger partial charge on any atom is -0.457 e. The molecule has 2 N–H and O–H groups in total. The number of aromatic nitrogens is 3. The third-order valence-electron chi connectivity index (χ3n) is 12.0. The molecule has 0 spiro atoms. The van der Waals surface area contributed by atoms with Crippen LogP contribution in [-0.2, 0) is 30.3 Å². The number of benzene rings is 1. The van der Waals surface area contributed by atoms with Crippen LogP contribution in [0.5, 0.6) is 0 Å². The zero-order valence-electron chi connectivity index (χ0n) is 31.9. The van der Waals surface area contributed by atoms with Gasteiger partial charge >= 0.3 is 12.1 Å². The molecule has 2 aromatic rings. The van der Waals surface area contributed by atoms with Crippen LogP contribution in [0.3, 0.4) is 0 Å². The van der Waals surface area contributed by atoms with Crippen LogP contribution in [0.2, 0.25) is 5.82 Å². The Bertz CT molecular complexity index is 1510. The van der Waals surface area contributed by atoms with Crippen molar-refractivity contribution in [3.63, 3.8) is 0 Å². The van der Waals surface area contributed by atoms with Crippen molar-refractivity contribution < 1.29 is 28.6 Å². The van der Waals surface area contributed by atoms with Gasteiger partial charge < -0.3 is 19.9 Å². The van der Waals surface area contributed by atoms with Gasteiger partial charge in [-0.25, -0.2) is 4.79 Å². The van der Waals surface area contributed by atoms with Crippen LogP contribution in [0.25, 0.3) is 11.3 Å². The highest BCUT2D eigenvalue weighted by Gasteiger charge is 2.67. The SMILES string of the molecule is B[C@@H]1[C@@H](C)C(=O)[C@@H](C)C(=O)O[C@H](CC)[C@@]2(C)OC(=O)N(CCCCn3cc(-c4cccc(N)c4)nn3)[C@]2(CC)N(C)CC[C@@H](C)C[C@@]1(C)OC. The number of unbranched alkanes of at least 4 members (excludes halogenated alkanes) is 1. The molecule has 2 saturated heterocycles. The third kappa shape index (κ3) is 7.44. The predicted molar refractivity (Wildman–Crippen MR) is 196 cm³/mol. The van der Waals surface area contributed by atoms with E-state index in [9.17, 15) is 14.4 Å². The molecule has 0 radical (unpaired) electrons. The van der Waals surface area contributed by atoms with Crippen LogP contribution in [-0.4, -0.2) is 101 Å². The number of hydrogen-bond acceptors (Lipinski definition) is 10. The summed E-state index contributed by atoms with van der Waals surface area (Å²) in [5.41, 5.74) is 5.58. The van der Waals surface area contributed by atoms with Crippen LogP contribution >= 0.6 is 0 Å². The number of fused-ring (bicyclic) bond motifs is 1. The topological polar surface area (TPSA) is 142 Å². The van der Waals surface area contributed by atoms with E-state index in [1.54, 1.807) is 14.0 Å². The molecule has 0 saturated carbocycles. The number of aryl methyl sites for hydroxylation is 1. The fourth-order valence-corrected chi connectivity index (χ4v) is 8.48. The summed E-state index contributed by atoms with van der Waals surface area (Å²) in [6, 6.07) is 7.55. The minimum absolute atomic E-state index is 0.126. The molecule has 1 aromatic heterocycles. The lowest BCUT2D eigenvalue weighted by Crippen LogP contribution is -2.70. The summed E-state index contributed by atoms with van der Waals surface area (Å²) in [6.45, 7) is 15.4. The first kappa shape index (κ1) is 39.3. The van der Waals surface area contributed by atoms with Gasteiger partial charge in [-0.3, -0.25) is 24.1 Å². The van der Waals surface area contributed by atoms with Crippen LogP contribution in [0.1, 0.15) is 87.0 Å². The number of nitrogen functional groups attached to an aromatic ring is 1. The number of methoxy groups -OCH3 is 1. The number of ether oxygens (including phenoxy) is 3. The van der Waals surface area contributed by atoms with Crippen molar-refractivity contribution in [2.24, 2.45) is 17.8 Å². The number of esters is 1. The van der Waals surface area contributed by atoms with Gasteiger partial charge in [-0.05, 0) is 90.2 Å². The maximum absolute atomic E-state index is 14.0. The number of likely N-dealkylation sites (N-methyl/N-ethyl adjacent to an activating group) is 1. The summed E-state index contributed by atoms with van der Waals surface area (Å²) in [4.78, 5) is 45.5. The second-order valence-electron chi connectivity index (χ2n) is 15.1. The fraction of sp³-hybridized carbons (Fsp3) is 0.703. The number of anilines is 1. The molecule has 1 aromatic carbocycles. The summed E-state index contributed by atoms with van der Waals surface area (Å²) < 4.78 is 20.5. The molecule has 3 heterocycles. The number of carbonyl (C=O) groups is 3. The number of hydrogen-bond donors (Lipinski definition) is 1. The van der Waals surface area contributed by atoms with Crippen molar-refractivity contribution in [1.29, 1.82) is 0 Å².